The van der Waals surface area contributed by atoms with Crippen molar-refractivity contribution in [2.24, 2.45) is 5.92 Å². The molecule has 0 amide bonds. The van der Waals surface area contributed by atoms with E-state index in [9.17, 15) is 0 Å². The van der Waals surface area contributed by atoms with Gasteiger partial charge in [0, 0.05) is 6.54 Å². The lowest BCUT2D eigenvalue weighted by molar-refractivity contribution is 0.270. The van der Waals surface area contributed by atoms with Crippen molar-refractivity contribution in [3.8, 4) is 0 Å². The maximum absolute atomic E-state index is 5.89. The van der Waals surface area contributed by atoms with Crippen molar-refractivity contribution >= 4 is 11.6 Å². The molecule has 1 unspecified atom stereocenters. The Balaban J connectivity index is 1.93. The fourth-order valence-electron chi connectivity index (χ4n) is 2.25. The second-order valence-electron chi connectivity index (χ2n) is 4.76. The Morgan fingerprint density at radius 2 is 2.25 bits per heavy atom. The van der Waals surface area contributed by atoms with Crippen LogP contribution in [0.3, 0.4) is 0 Å². The number of rotatable bonds is 2. The Hall–Kier alpha value is -0.600. The van der Waals surface area contributed by atoms with Crippen LogP contribution in [0.2, 0.25) is 5.15 Å². The van der Waals surface area contributed by atoms with Crippen LogP contribution in [-0.2, 0) is 6.54 Å². The normalized spacial score (nSPS) is 23.0. The minimum Gasteiger partial charge on any atom is -0.298 e. The molecule has 0 saturated carbocycles. The zero-order valence-corrected chi connectivity index (χ0v) is 10.6. The van der Waals surface area contributed by atoms with E-state index >= 15 is 0 Å². The Morgan fingerprint density at radius 1 is 1.38 bits per heavy atom. The lowest BCUT2D eigenvalue weighted by Gasteiger charge is -2.19. The lowest BCUT2D eigenvalue weighted by atomic mass is 10.0. The van der Waals surface area contributed by atoms with Gasteiger partial charge in [-0.05, 0) is 50.4 Å². The van der Waals surface area contributed by atoms with Crippen LogP contribution in [0.25, 0.3) is 0 Å². The molecule has 0 aromatic carbocycles. The van der Waals surface area contributed by atoms with E-state index < -0.39 is 0 Å². The molecule has 88 valence electrons. The summed E-state index contributed by atoms with van der Waals surface area (Å²) in [5.74, 6) is 0.873. The summed E-state index contributed by atoms with van der Waals surface area (Å²) in [4.78, 5) is 6.83. The SMILES string of the molecule is CC1CCCN(Cc2cccc(Cl)n2)CC1. The maximum Gasteiger partial charge on any atom is 0.129 e. The molecule has 2 heterocycles. The molecule has 0 N–H and O–H groups in total. The van der Waals surface area contributed by atoms with Gasteiger partial charge in [-0.25, -0.2) is 4.98 Å². The van der Waals surface area contributed by atoms with E-state index in [-0.39, 0.29) is 0 Å². The van der Waals surface area contributed by atoms with Gasteiger partial charge in [0.1, 0.15) is 5.15 Å². The van der Waals surface area contributed by atoms with E-state index in [0.717, 1.165) is 18.2 Å². The summed E-state index contributed by atoms with van der Waals surface area (Å²) >= 11 is 5.89. The van der Waals surface area contributed by atoms with Gasteiger partial charge in [0.15, 0.2) is 0 Å². The average Bonchev–Trinajstić information content (AvgIpc) is 2.44. The number of nitrogens with zero attached hydrogens (tertiary/aromatic N) is 2. The molecule has 1 aliphatic heterocycles. The molecule has 0 aliphatic carbocycles. The first kappa shape index (κ1) is 11.9. The van der Waals surface area contributed by atoms with Crippen LogP contribution < -0.4 is 0 Å². The molecule has 1 aliphatic rings. The number of aromatic nitrogens is 1. The van der Waals surface area contributed by atoms with Gasteiger partial charge in [-0.1, -0.05) is 24.6 Å². The molecule has 16 heavy (non-hydrogen) atoms. The maximum atomic E-state index is 5.89. The van der Waals surface area contributed by atoms with Crippen LogP contribution >= 0.6 is 11.6 Å². The van der Waals surface area contributed by atoms with Gasteiger partial charge >= 0.3 is 0 Å². The second-order valence-corrected chi connectivity index (χ2v) is 5.15. The molecule has 1 fully saturated rings. The van der Waals surface area contributed by atoms with E-state index in [1.165, 1.54) is 32.4 Å². The number of pyridine rings is 1. The van der Waals surface area contributed by atoms with Crippen molar-refractivity contribution < 1.29 is 0 Å². The van der Waals surface area contributed by atoms with Crippen LogP contribution in [-0.4, -0.2) is 23.0 Å². The average molecular weight is 239 g/mol. The zero-order chi connectivity index (χ0) is 11.4. The fourth-order valence-corrected chi connectivity index (χ4v) is 2.43. The Morgan fingerprint density at radius 3 is 3.06 bits per heavy atom. The van der Waals surface area contributed by atoms with E-state index in [4.69, 9.17) is 11.6 Å². The molecule has 3 heteroatoms. The van der Waals surface area contributed by atoms with Crippen LogP contribution in [0.5, 0.6) is 0 Å². The van der Waals surface area contributed by atoms with Crippen molar-refractivity contribution in [1.82, 2.24) is 9.88 Å². The first-order valence-corrected chi connectivity index (χ1v) is 6.45. The van der Waals surface area contributed by atoms with Crippen LogP contribution in [0.4, 0.5) is 0 Å². The Labute approximate surface area is 103 Å². The van der Waals surface area contributed by atoms with E-state index in [1.807, 2.05) is 12.1 Å². The van der Waals surface area contributed by atoms with Gasteiger partial charge in [-0.3, -0.25) is 4.90 Å². The molecule has 2 nitrogen and oxygen atoms in total. The molecule has 1 atom stereocenters. The number of hydrogen-bond acceptors (Lipinski definition) is 2. The van der Waals surface area contributed by atoms with Gasteiger partial charge in [0.05, 0.1) is 5.69 Å². The molecular formula is C13H19ClN2. The molecule has 2 rings (SSSR count). The van der Waals surface area contributed by atoms with E-state index in [1.54, 1.807) is 0 Å². The third-order valence-electron chi connectivity index (χ3n) is 3.27. The zero-order valence-electron chi connectivity index (χ0n) is 9.82. The van der Waals surface area contributed by atoms with Crippen molar-refractivity contribution in [2.75, 3.05) is 13.1 Å². The minimum atomic E-state index is 0.598. The predicted molar refractivity (Wildman–Crippen MR) is 67.5 cm³/mol. The number of likely N-dealkylation sites (tertiary alicyclic amines) is 1. The number of hydrogen-bond donors (Lipinski definition) is 0. The summed E-state index contributed by atoms with van der Waals surface area (Å²) in [5.41, 5.74) is 1.09. The van der Waals surface area contributed by atoms with Gasteiger partial charge in [0.25, 0.3) is 0 Å². The van der Waals surface area contributed by atoms with Gasteiger partial charge in [-0.15, -0.1) is 0 Å². The van der Waals surface area contributed by atoms with Gasteiger partial charge in [0.2, 0.25) is 0 Å². The highest BCUT2D eigenvalue weighted by Gasteiger charge is 2.14. The summed E-state index contributed by atoms with van der Waals surface area (Å²) in [7, 11) is 0. The van der Waals surface area contributed by atoms with E-state index in [2.05, 4.69) is 22.9 Å². The third kappa shape index (κ3) is 3.46. The van der Waals surface area contributed by atoms with E-state index in [0.29, 0.717) is 5.15 Å². The summed E-state index contributed by atoms with van der Waals surface area (Å²) in [6, 6.07) is 5.86. The smallest absolute Gasteiger partial charge is 0.129 e. The van der Waals surface area contributed by atoms with Crippen molar-refractivity contribution in [2.45, 2.75) is 32.7 Å². The van der Waals surface area contributed by atoms with Gasteiger partial charge in [-0.2, -0.15) is 0 Å². The molecule has 1 saturated heterocycles. The van der Waals surface area contributed by atoms with Crippen LogP contribution in [0, 0.1) is 5.92 Å². The number of halogens is 1. The standard InChI is InChI=1S/C13H19ClN2/c1-11-4-3-8-16(9-7-11)10-12-5-2-6-13(14)15-12/h2,5-6,11H,3-4,7-10H2,1H3. The molecule has 1 aromatic heterocycles. The largest absolute Gasteiger partial charge is 0.298 e. The highest BCUT2D eigenvalue weighted by atomic mass is 35.5. The summed E-state index contributed by atoms with van der Waals surface area (Å²) < 4.78 is 0. The molecule has 0 bridgehead atoms. The Bertz CT molecular complexity index is 340. The molecular weight excluding hydrogens is 220 g/mol. The predicted octanol–water partition coefficient (Wildman–Crippen LogP) is 3.36. The minimum absolute atomic E-state index is 0.598. The third-order valence-corrected chi connectivity index (χ3v) is 3.48. The van der Waals surface area contributed by atoms with Crippen molar-refractivity contribution in [3.05, 3.63) is 29.0 Å². The van der Waals surface area contributed by atoms with Crippen LogP contribution in [0.1, 0.15) is 31.9 Å². The summed E-state index contributed by atoms with van der Waals surface area (Å²) in [6.07, 6.45) is 3.97. The van der Waals surface area contributed by atoms with Crippen molar-refractivity contribution in [1.29, 1.82) is 0 Å². The highest BCUT2D eigenvalue weighted by Crippen LogP contribution is 2.18. The second kappa shape index (κ2) is 5.65. The highest BCUT2D eigenvalue weighted by molar-refractivity contribution is 6.29. The molecule has 0 radical (unpaired) electrons. The monoisotopic (exact) mass is 238 g/mol. The molecule has 1 aromatic rings. The molecule has 0 spiro atoms. The quantitative estimate of drug-likeness (QED) is 0.735. The lowest BCUT2D eigenvalue weighted by Crippen LogP contribution is -2.24. The van der Waals surface area contributed by atoms with Crippen molar-refractivity contribution in [3.63, 3.8) is 0 Å². The Kier molecular flexibility index (Phi) is 4.19. The first-order chi connectivity index (χ1) is 7.74. The van der Waals surface area contributed by atoms with Gasteiger partial charge < -0.3 is 0 Å². The first-order valence-electron chi connectivity index (χ1n) is 6.08. The summed E-state index contributed by atoms with van der Waals surface area (Å²) in [5, 5.41) is 0.598. The summed E-state index contributed by atoms with van der Waals surface area (Å²) in [6.45, 7) is 5.67. The fraction of sp³-hybridized carbons (Fsp3) is 0.615. The van der Waals surface area contributed by atoms with Crippen LogP contribution in [0.15, 0.2) is 18.2 Å². The topological polar surface area (TPSA) is 16.1 Å².